The van der Waals surface area contributed by atoms with Crippen molar-refractivity contribution in [2.24, 2.45) is 5.73 Å². The van der Waals surface area contributed by atoms with Crippen LogP contribution in [0.25, 0.3) is 16.9 Å². The van der Waals surface area contributed by atoms with Crippen LogP contribution in [0, 0.1) is 6.92 Å². The van der Waals surface area contributed by atoms with E-state index in [1.807, 2.05) is 75.4 Å². The highest BCUT2D eigenvalue weighted by Gasteiger charge is 2.16. The van der Waals surface area contributed by atoms with E-state index in [-0.39, 0.29) is 5.91 Å². The molecule has 29 heavy (non-hydrogen) atoms. The summed E-state index contributed by atoms with van der Waals surface area (Å²) in [6.45, 7) is 5.78. The van der Waals surface area contributed by atoms with Gasteiger partial charge in [-0.25, -0.2) is 9.50 Å². The number of amides is 1. The van der Waals surface area contributed by atoms with Gasteiger partial charge in [0.05, 0.1) is 11.4 Å². The quantitative estimate of drug-likeness (QED) is 0.553. The van der Waals surface area contributed by atoms with Crippen molar-refractivity contribution in [3.8, 4) is 11.3 Å². The average Bonchev–Trinajstić information content (AvgIpc) is 3.07. The van der Waals surface area contributed by atoms with Gasteiger partial charge in [-0.3, -0.25) is 4.79 Å². The standard InChI is InChI=1S/C23H23N5O/c1-15-13-21-25-20(14-19(28(21)27-15)16-7-5-4-6-8-16)26-22(29)17-9-11-18(12-10-17)23(2,3)24/h4-14H,24H2,1-3H3,(H,25,26,29). The average molecular weight is 385 g/mol. The van der Waals surface area contributed by atoms with Crippen molar-refractivity contribution in [2.75, 3.05) is 5.32 Å². The van der Waals surface area contributed by atoms with Gasteiger partial charge in [0.25, 0.3) is 5.91 Å². The first-order chi connectivity index (χ1) is 13.8. The maximum Gasteiger partial charge on any atom is 0.256 e. The molecule has 4 aromatic rings. The second-order valence-corrected chi connectivity index (χ2v) is 7.70. The van der Waals surface area contributed by atoms with Gasteiger partial charge >= 0.3 is 0 Å². The van der Waals surface area contributed by atoms with Gasteiger partial charge in [-0.15, -0.1) is 0 Å². The van der Waals surface area contributed by atoms with Crippen molar-refractivity contribution in [1.29, 1.82) is 0 Å². The van der Waals surface area contributed by atoms with Crippen molar-refractivity contribution in [3.05, 3.63) is 83.6 Å². The summed E-state index contributed by atoms with van der Waals surface area (Å²) < 4.78 is 1.79. The van der Waals surface area contributed by atoms with Gasteiger partial charge in [0, 0.05) is 28.8 Å². The Labute approximate surface area is 169 Å². The molecule has 146 valence electrons. The van der Waals surface area contributed by atoms with Gasteiger partial charge in [-0.2, -0.15) is 5.10 Å². The molecule has 0 fully saturated rings. The summed E-state index contributed by atoms with van der Waals surface area (Å²) in [6.07, 6.45) is 0. The van der Waals surface area contributed by atoms with Gasteiger partial charge in [0.15, 0.2) is 5.65 Å². The Morgan fingerprint density at radius 3 is 2.38 bits per heavy atom. The summed E-state index contributed by atoms with van der Waals surface area (Å²) in [5.41, 5.74) is 10.6. The number of aryl methyl sites for hydroxylation is 1. The molecule has 2 heterocycles. The van der Waals surface area contributed by atoms with Crippen LogP contribution in [-0.4, -0.2) is 20.5 Å². The van der Waals surface area contributed by atoms with Crippen LogP contribution >= 0.6 is 0 Å². The minimum Gasteiger partial charge on any atom is -0.322 e. The van der Waals surface area contributed by atoms with Crippen molar-refractivity contribution in [1.82, 2.24) is 14.6 Å². The van der Waals surface area contributed by atoms with Gasteiger partial charge in [-0.1, -0.05) is 42.5 Å². The summed E-state index contributed by atoms with van der Waals surface area (Å²) in [7, 11) is 0. The van der Waals surface area contributed by atoms with Gasteiger partial charge in [0.1, 0.15) is 5.82 Å². The first-order valence-corrected chi connectivity index (χ1v) is 9.45. The van der Waals surface area contributed by atoms with Crippen LogP contribution in [0.15, 0.2) is 66.7 Å². The number of anilines is 1. The molecule has 3 N–H and O–H groups in total. The maximum absolute atomic E-state index is 12.8. The number of rotatable bonds is 4. The molecular weight excluding hydrogens is 362 g/mol. The lowest BCUT2D eigenvalue weighted by molar-refractivity contribution is 0.102. The van der Waals surface area contributed by atoms with Crippen molar-refractivity contribution < 1.29 is 4.79 Å². The maximum atomic E-state index is 12.8. The number of hydrogen-bond donors (Lipinski definition) is 2. The lowest BCUT2D eigenvalue weighted by Gasteiger charge is -2.19. The number of aromatic nitrogens is 3. The second kappa shape index (κ2) is 7.14. The van der Waals surface area contributed by atoms with Crippen LogP contribution in [0.1, 0.15) is 35.5 Å². The minimum atomic E-state index is -0.452. The number of nitrogens with zero attached hydrogens (tertiary/aromatic N) is 3. The Balaban J connectivity index is 1.68. The van der Waals surface area contributed by atoms with E-state index < -0.39 is 5.54 Å². The molecule has 0 saturated carbocycles. The molecule has 0 radical (unpaired) electrons. The third-order valence-corrected chi connectivity index (χ3v) is 4.75. The number of carbonyl (C=O) groups is 1. The van der Waals surface area contributed by atoms with E-state index in [1.165, 1.54) is 0 Å². The number of carbonyl (C=O) groups excluding carboxylic acids is 1. The molecule has 0 saturated heterocycles. The van der Waals surface area contributed by atoms with E-state index in [0.29, 0.717) is 17.0 Å². The molecule has 0 aliphatic rings. The molecule has 0 aliphatic carbocycles. The topological polar surface area (TPSA) is 85.3 Å². The summed E-state index contributed by atoms with van der Waals surface area (Å²) in [5.74, 6) is 0.253. The van der Waals surface area contributed by atoms with E-state index in [0.717, 1.165) is 22.5 Å². The molecule has 6 nitrogen and oxygen atoms in total. The number of fused-ring (bicyclic) bond motifs is 1. The molecule has 4 rings (SSSR count). The van der Waals surface area contributed by atoms with Crippen molar-refractivity contribution >= 4 is 17.4 Å². The molecule has 2 aromatic carbocycles. The highest BCUT2D eigenvalue weighted by atomic mass is 16.1. The first kappa shape index (κ1) is 18.8. The number of nitrogens with two attached hydrogens (primary N) is 1. The molecule has 1 amide bonds. The Bertz CT molecular complexity index is 1170. The largest absolute Gasteiger partial charge is 0.322 e. The molecule has 6 heteroatoms. The summed E-state index contributed by atoms with van der Waals surface area (Å²) in [5, 5.41) is 7.44. The Morgan fingerprint density at radius 2 is 1.72 bits per heavy atom. The Hall–Kier alpha value is -3.51. The molecule has 0 spiro atoms. The van der Waals surface area contributed by atoms with Crippen LogP contribution in [-0.2, 0) is 5.54 Å². The fourth-order valence-electron chi connectivity index (χ4n) is 3.21. The SMILES string of the molecule is Cc1cc2nc(NC(=O)c3ccc(C(C)(C)N)cc3)cc(-c3ccccc3)n2n1. The third-order valence-electron chi connectivity index (χ3n) is 4.75. The van der Waals surface area contributed by atoms with E-state index in [9.17, 15) is 4.79 Å². The first-order valence-electron chi connectivity index (χ1n) is 9.45. The zero-order valence-electron chi connectivity index (χ0n) is 16.7. The Morgan fingerprint density at radius 1 is 1.03 bits per heavy atom. The normalized spacial score (nSPS) is 11.6. The van der Waals surface area contributed by atoms with Gasteiger partial charge in [0.2, 0.25) is 0 Å². The summed E-state index contributed by atoms with van der Waals surface area (Å²) in [6, 6.07) is 20.9. The Kier molecular flexibility index (Phi) is 4.64. The van der Waals surface area contributed by atoms with Crippen LogP contribution in [0.4, 0.5) is 5.82 Å². The smallest absolute Gasteiger partial charge is 0.256 e. The van der Waals surface area contributed by atoms with Crippen LogP contribution < -0.4 is 11.1 Å². The number of hydrogen-bond acceptors (Lipinski definition) is 4. The monoisotopic (exact) mass is 385 g/mol. The van der Waals surface area contributed by atoms with E-state index in [4.69, 9.17) is 5.73 Å². The highest BCUT2D eigenvalue weighted by Crippen LogP contribution is 2.24. The fourth-order valence-corrected chi connectivity index (χ4v) is 3.21. The van der Waals surface area contributed by atoms with Crippen molar-refractivity contribution in [2.45, 2.75) is 26.3 Å². The third kappa shape index (κ3) is 3.88. The molecule has 0 aliphatic heterocycles. The highest BCUT2D eigenvalue weighted by molar-refractivity contribution is 6.04. The number of nitrogens with one attached hydrogen (secondary N) is 1. The zero-order chi connectivity index (χ0) is 20.6. The summed E-state index contributed by atoms with van der Waals surface area (Å²) in [4.78, 5) is 17.3. The predicted octanol–water partition coefficient (Wildman–Crippen LogP) is 4.15. The predicted molar refractivity (Wildman–Crippen MR) is 115 cm³/mol. The van der Waals surface area contributed by atoms with E-state index in [2.05, 4.69) is 15.4 Å². The lowest BCUT2D eigenvalue weighted by atomic mass is 9.95. The van der Waals surface area contributed by atoms with Crippen LogP contribution in [0.3, 0.4) is 0 Å². The van der Waals surface area contributed by atoms with E-state index in [1.54, 1.807) is 16.6 Å². The van der Waals surface area contributed by atoms with Crippen molar-refractivity contribution in [3.63, 3.8) is 0 Å². The molecular formula is C23H23N5O. The zero-order valence-corrected chi connectivity index (χ0v) is 16.7. The van der Waals surface area contributed by atoms with Crippen LogP contribution in [0.5, 0.6) is 0 Å². The van der Waals surface area contributed by atoms with E-state index >= 15 is 0 Å². The number of benzene rings is 2. The van der Waals surface area contributed by atoms with Gasteiger partial charge < -0.3 is 11.1 Å². The molecule has 0 unspecified atom stereocenters. The van der Waals surface area contributed by atoms with Gasteiger partial charge in [-0.05, 0) is 38.5 Å². The molecule has 0 bridgehead atoms. The molecule has 0 atom stereocenters. The lowest BCUT2D eigenvalue weighted by Crippen LogP contribution is -2.28. The minimum absolute atomic E-state index is 0.224. The van der Waals surface area contributed by atoms with Crippen LogP contribution in [0.2, 0.25) is 0 Å². The summed E-state index contributed by atoms with van der Waals surface area (Å²) >= 11 is 0. The second-order valence-electron chi connectivity index (χ2n) is 7.70. The molecule has 2 aromatic heterocycles. The fraction of sp³-hybridized carbons (Fsp3) is 0.174.